The van der Waals surface area contributed by atoms with Crippen LogP contribution in [0.25, 0.3) is 0 Å². The highest BCUT2D eigenvalue weighted by atomic mass is 127. The van der Waals surface area contributed by atoms with Crippen molar-refractivity contribution in [1.82, 2.24) is 10.6 Å². The van der Waals surface area contributed by atoms with Gasteiger partial charge in [0.15, 0.2) is 15.8 Å². The Hall–Kier alpha value is -0.900. The zero-order chi connectivity index (χ0) is 18.8. The summed E-state index contributed by atoms with van der Waals surface area (Å²) in [7, 11) is -3.19. The number of hydrogen-bond acceptors (Lipinski definition) is 3. The van der Waals surface area contributed by atoms with Gasteiger partial charge in [0.25, 0.3) is 0 Å². The van der Waals surface area contributed by atoms with Gasteiger partial charge < -0.3 is 10.6 Å². The van der Waals surface area contributed by atoms with E-state index in [2.05, 4.69) is 15.6 Å². The van der Waals surface area contributed by atoms with Crippen LogP contribution in [0.15, 0.2) is 23.2 Å². The molecule has 2 saturated carbocycles. The van der Waals surface area contributed by atoms with Crippen molar-refractivity contribution >= 4 is 39.8 Å². The second-order valence-corrected chi connectivity index (χ2v) is 9.81. The lowest BCUT2D eigenvalue weighted by Gasteiger charge is -2.18. The number of nitrogens with zero attached hydrogens (tertiary/aromatic N) is 1. The molecule has 2 fully saturated rings. The number of rotatable bonds is 8. The van der Waals surface area contributed by atoms with Crippen molar-refractivity contribution in [3.63, 3.8) is 0 Å². The molecule has 0 unspecified atom stereocenters. The van der Waals surface area contributed by atoms with Crippen molar-refractivity contribution in [2.24, 2.45) is 16.3 Å². The van der Waals surface area contributed by atoms with Gasteiger partial charge in [-0.3, -0.25) is 0 Å². The summed E-state index contributed by atoms with van der Waals surface area (Å²) in [5.41, 5.74) is 1.66. The highest BCUT2D eigenvalue weighted by molar-refractivity contribution is 14.0. The van der Waals surface area contributed by atoms with Crippen molar-refractivity contribution in [3.8, 4) is 0 Å². The summed E-state index contributed by atoms with van der Waals surface area (Å²) >= 11 is 0. The van der Waals surface area contributed by atoms with Crippen LogP contribution in [0.1, 0.15) is 43.7 Å². The van der Waals surface area contributed by atoms with Gasteiger partial charge in [-0.25, -0.2) is 17.8 Å². The maximum Gasteiger partial charge on any atom is 0.191 e. The number of hydrogen-bond donors (Lipinski definition) is 2. The topological polar surface area (TPSA) is 70.6 Å². The third-order valence-corrected chi connectivity index (χ3v) is 6.12. The SMILES string of the molecule is CCNC(=NCc1cc(F)ccc1CS(C)(=O)=O)NCC1(C2CC2)CC1.I. The molecule has 0 spiro atoms. The molecule has 2 N–H and O–H groups in total. The van der Waals surface area contributed by atoms with Crippen molar-refractivity contribution in [2.75, 3.05) is 19.3 Å². The highest BCUT2D eigenvalue weighted by Crippen LogP contribution is 2.60. The molecule has 0 heterocycles. The average molecular weight is 509 g/mol. The minimum absolute atomic E-state index is 0. The Labute approximate surface area is 178 Å². The minimum Gasteiger partial charge on any atom is -0.357 e. The van der Waals surface area contributed by atoms with Crippen LogP contribution in [-0.4, -0.2) is 33.7 Å². The Morgan fingerprint density at radius 1 is 1.26 bits per heavy atom. The van der Waals surface area contributed by atoms with Crippen molar-refractivity contribution in [1.29, 1.82) is 0 Å². The molecule has 2 aliphatic rings. The van der Waals surface area contributed by atoms with E-state index in [9.17, 15) is 12.8 Å². The summed E-state index contributed by atoms with van der Waals surface area (Å²) in [6.45, 7) is 3.90. The van der Waals surface area contributed by atoms with E-state index >= 15 is 0 Å². The van der Waals surface area contributed by atoms with E-state index in [-0.39, 0.29) is 42.1 Å². The molecule has 152 valence electrons. The molecule has 0 atom stereocenters. The summed E-state index contributed by atoms with van der Waals surface area (Å²) in [6, 6.07) is 4.21. The summed E-state index contributed by atoms with van der Waals surface area (Å²) in [4.78, 5) is 4.56. The van der Waals surface area contributed by atoms with Crippen molar-refractivity contribution in [3.05, 3.63) is 35.1 Å². The number of nitrogens with one attached hydrogen (secondary N) is 2. The van der Waals surface area contributed by atoms with E-state index in [1.807, 2.05) is 6.92 Å². The predicted molar refractivity (Wildman–Crippen MR) is 118 cm³/mol. The van der Waals surface area contributed by atoms with Gasteiger partial charge in [0, 0.05) is 19.3 Å². The molecule has 0 bridgehead atoms. The average Bonchev–Trinajstić information content (AvgIpc) is 3.44. The predicted octanol–water partition coefficient (Wildman–Crippen LogP) is 3.23. The van der Waals surface area contributed by atoms with Gasteiger partial charge in [-0.15, -0.1) is 24.0 Å². The number of sulfone groups is 1. The number of benzene rings is 1. The van der Waals surface area contributed by atoms with E-state index in [0.29, 0.717) is 22.5 Å². The lowest BCUT2D eigenvalue weighted by molar-refractivity contribution is 0.431. The summed E-state index contributed by atoms with van der Waals surface area (Å²) in [5, 5.41) is 6.65. The van der Waals surface area contributed by atoms with Crippen LogP contribution in [0, 0.1) is 17.2 Å². The van der Waals surface area contributed by atoms with Crippen LogP contribution in [0.5, 0.6) is 0 Å². The molecule has 0 amide bonds. The van der Waals surface area contributed by atoms with Crippen LogP contribution >= 0.6 is 24.0 Å². The standard InChI is InChI=1S/C19H28FN3O2S.HI/c1-3-21-18(23-13-19(8-9-19)16-5-6-16)22-11-15-10-17(20)7-4-14(15)12-26(2,24)25;/h4,7,10,16H,3,5-6,8-9,11-13H2,1-2H3,(H2,21,22,23);1H. The lowest BCUT2D eigenvalue weighted by Crippen LogP contribution is -2.40. The maximum absolute atomic E-state index is 13.6. The van der Waals surface area contributed by atoms with E-state index in [4.69, 9.17) is 0 Å². The second-order valence-electron chi connectivity index (χ2n) is 7.67. The van der Waals surface area contributed by atoms with Crippen LogP contribution in [0.4, 0.5) is 4.39 Å². The van der Waals surface area contributed by atoms with Crippen molar-refractivity contribution in [2.45, 2.75) is 44.9 Å². The van der Waals surface area contributed by atoms with Gasteiger partial charge in [-0.2, -0.15) is 0 Å². The maximum atomic E-state index is 13.6. The molecule has 1 aromatic rings. The van der Waals surface area contributed by atoms with E-state index in [1.165, 1.54) is 50.1 Å². The Bertz CT molecular complexity index is 790. The molecule has 27 heavy (non-hydrogen) atoms. The number of guanidine groups is 1. The van der Waals surface area contributed by atoms with E-state index in [0.717, 1.165) is 19.0 Å². The van der Waals surface area contributed by atoms with Gasteiger partial charge in [-0.05, 0) is 67.2 Å². The molecule has 0 aromatic heterocycles. The Morgan fingerprint density at radius 2 is 1.96 bits per heavy atom. The van der Waals surface area contributed by atoms with Gasteiger partial charge in [-0.1, -0.05) is 6.07 Å². The number of halogens is 2. The fourth-order valence-electron chi connectivity index (χ4n) is 3.52. The molecule has 1 aromatic carbocycles. The van der Waals surface area contributed by atoms with Gasteiger partial charge >= 0.3 is 0 Å². The minimum atomic E-state index is -3.19. The first kappa shape index (κ1) is 22.4. The fourth-order valence-corrected chi connectivity index (χ4v) is 4.36. The number of aliphatic imine (C=N–C) groups is 1. The van der Waals surface area contributed by atoms with Crippen molar-refractivity contribution < 1.29 is 12.8 Å². The van der Waals surface area contributed by atoms with Crippen LogP contribution in [0.2, 0.25) is 0 Å². The quantitative estimate of drug-likeness (QED) is 0.321. The van der Waals surface area contributed by atoms with E-state index < -0.39 is 9.84 Å². The fraction of sp³-hybridized carbons (Fsp3) is 0.632. The molecule has 5 nitrogen and oxygen atoms in total. The Kier molecular flexibility index (Phi) is 7.52. The summed E-state index contributed by atoms with van der Waals surface area (Å²) in [5.74, 6) is 1.08. The Balaban J connectivity index is 0.00000261. The lowest BCUT2D eigenvalue weighted by atomic mass is 10.0. The highest BCUT2D eigenvalue weighted by Gasteiger charge is 2.53. The zero-order valence-electron chi connectivity index (χ0n) is 15.9. The third kappa shape index (κ3) is 6.58. The van der Waals surface area contributed by atoms with Crippen LogP contribution in [0.3, 0.4) is 0 Å². The Morgan fingerprint density at radius 3 is 2.52 bits per heavy atom. The molecule has 0 saturated heterocycles. The molecule has 0 radical (unpaired) electrons. The van der Waals surface area contributed by atoms with Gasteiger partial charge in [0.05, 0.1) is 12.3 Å². The van der Waals surface area contributed by atoms with Crippen LogP contribution < -0.4 is 10.6 Å². The first-order chi connectivity index (χ1) is 12.3. The third-order valence-electron chi connectivity index (χ3n) is 5.28. The molecule has 2 aliphatic carbocycles. The first-order valence-electron chi connectivity index (χ1n) is 9.28. The smallest absolute Gasteiger partial charge is 0.191 e. The van der Waals surface area contributed by atoms with Gasteiger partial charge in [0.1, 0.15) is 5.82 Å². The first-order valence-corrected chi connectivity index (χ1v) is 11.3. The molecular weight excluding hydrogens is 480 g/mol. The van der Waals surface area contributed by atoms with Gasteiger partial charge in [0.2, 0.25) is 0 Å². The molecule has 0 aliphatic heterocycles. The van der Waals surface area contributed by atoms with Crippen LogP contribution in [-0.2, 0) is 22.1 Å². The van der Waals surface area contributed by atoms with E-state index in [1.54, 1.807) is 0 Å². The molecule has 8 heteroatoms. The summed E-state index contributed by atoms with van der Waals surface area (Å²) < 4.78 is 36.9. The zero-order valence-corrected chi connectivity index (χ0v) is 19.1. The molecule has 3 rings (SSSR count). The monoisotopic (exact) mass is 509 g/mol. The molecular formula is C19H29FIN3O2S. The largest absolute Gasteiger partial charge is 0.357 e. The normalized spacial score (nSPS) is 18.6. The summed E-state index contributed by atoms with van der Waals surface area (Å²) in [6.07, 6.45) is 6.43. The second kappa shape index (κ2) is 9.07.